The number of benzene rings is 1. The standard InChI is InChI=1S/C15H23ClN2O.ClH/c1-11(2)19-15-4-3-14(16)7-13(15)10-18-6-5-12(8-17)9-18;/h3-4,7,11-12H,5-6,8-10,17H2,1-2H3;1H/t12-;/m0./s1. The van der Waals surface area contributed by atoms with Gasteiger partial charge < -0.3 is 10.5 Å². The summed E-state index contributed by atoms with van der Waals surface area (Å²) in [6.07, 6.45) is 1.37. The molecule has 0 aliphatic carbocycles. The minimum absolute atomic E-state index is 0. The summed E-state index contributed by atoms with van der Waals surface area (Å²) in [7, 11) is 0. The first-order chi connectivity index (χ1) is 9.08. The van der Waals surface area contributed by atoms with Crippen LogP contribution in [0.2, 0.25) is 5.02 Å². The molecule has 0 spiro atoms. The molecule has 1 aliphatic rings. The monoisotopic (exact) mass is 318 g/mol. The molecule has 1 fully saturated rings. The van der Waals surface area contributed by atoms with Crippen molar-refractivity contribution in [1.29, 1.82) is 0 Å². The smallest absolute Gasteiger partial charge is 0.124 e. The molecule has 20 heavy (non-hydrogen) atoms. The molecule has 0 aromatic heterocycles. The lowest BCUT2D eigenvalue weighted by atomic mass is 10.1. The summed E-state index contributed by atoms with van der Waals surface area (Å²) < 4.78 is 5.85. The molecular formula is C15H24Cl2N2O. The summed E-state index contributed by atoms with van der Waals surface area (Å²) in [4.78, 5) is 2.43. The van der Waals surface area contributed by atoms with Gasteiger partial charge in [-0.15, -0.1) is 12.4 Å². The van der Waals surface area contributed by atoms with Crippen molar-refractivity contribution in [2.24, 2.45) is 11.7 Å². The molecule has 0 amide bonds. The van der Waals surface area contributed by atoms with E-state index in [1.54, 1.807) is 0 Å². The lowest BCUT2D eigenvalue weighted by molar-refractivity contribution is 0.233. The number of nitrogens with two attached hydrogens (primary N) is 1. The first-order valence-corrected chi connectivity index (χ1v) is 7.33. The number of ether oxygens (including phenoxy) is 1. The van der Waals surface area contributed by atoms with Crippen molar-refractivity contribution < 1.29 is 4.74 Å². The van der Waals surface area contributed by atoms with E-state index in [1.165, 1.54) is 12.0 Å². The van der Waals surface area contributed by atoms with E-state index in [4.69, 9.17) is 22.1 Å². The summed E-state index contributed by atoms with van der Waals surface area (Å²) in [6, 6.07) is 5.86. The largest absolute Gasteiger partial charge is 0.491 e. The summed E-state index contributed by atoms with van der Waals surface area (Å²) in [5.41, 5.74) is 6.90. The molecule has 3 nitrogen and oxygen atoms in total. The highest BCUT2D eigenvalue weighted by Gasteiger charge is 2.22. The first-order valence-electron chi connectivity index (χ1n) is 6.96. The number of hydrogen-bond donors (Lipinski definition) is 1. The Balaban J connectivity index is 0.00000200. The zero-order valence-corrected chi connectivity index (χ0v) is 13.7. The van der Waals surface area contributed by atoms with E-state index < -0.39 is 0 Å². The average Bonchev–Trinajstić information content (AvgIpc) is 2.80. The Morgan fingerprint density at radius 1 is 1.45 bits per heavy atom. The molecule has 2 N–H and O–H groups in total. The van der Waals surface area contributed by atoms with E-state index in [0.29, 0.717) is 5.92 Å². The van der Waals surface area contributed by atoms with Gasteiger partial charge in [-0.1, -0.05) is 11.6 Å². The highest BCUT2D eigenvalue weighted by Crippen LogP contribution is 2.27. The molecule has 1 heterocycles. The molecule has 0 unspecified atom stereocenters. The maximum absolute atomic E-state index is 6.10. The number of likely N-dealkylation sites (tertiary alicyclic amines) is 1. The van der Waals surface area contributed by atoms with Crippen molar-refractivity contribution >= 4 is 24.0 Å². The molecule has 5 heteroatoms. The summed E-state index contributed by atoms with van der Waals surface area (Å²) >= 11 is 6.10. The highest BCUT2D eigenvalue weighted by molar-refractivity contribution is 6.30. The number of hydrogen-bond acceptors (Lipinski definition) is 3. The predicted molar refractivity (Wildman–Crippen MR) is 86.9 cm³/mol. The van der Waals surface area contributed by atoms with Crippen LogP contribution in [-0.4, -0.2) is 30.6 Å². The molecule has 1 aromatic carbocycles. The third kappa shape index (κ3) is 4.81. The van der Waals surface area contributed by atoms with Crippen LogP contribution in [0, 0.1) is 5.92 Å². The van der Waals surface area contributed by atoms with Crippen LogP contribution in [0.25, 0.3) is 0 Å². The van der Waals surface area contributed by atoms with Crippen molar-refractivity contribution in [2.45, 2.75) is 32.9 Å². The van der Waals surface area contributed by atoms with Crippen molar-refractivity contribution in [3.8, 4) is 5.75 Å². The molecule has 114 valence electrons. The second kappa shape index (κ2) is 8.08. The van der Waals surface area contributed by atoms with Gasteiger partial charge in [-0.05, 0) is 57.5 Å². The Morgan fingerprint density at radius 2 is 2.20 bits per heavy atom. The first kappa shape index (κ1) is 17.6. The number of halogens is 2. The van der Waals surface area contributed by atoms with E-state index in [1.807, 2.05) is 32.0 Å². The van der Waals surface area contributed by atoms with Gasteiger partial charge in [0.15, 0.2) is 0 Å². The van der Waals surface area contributed by atoms with Gasteiger partial charge in [0.2, 0.25) is 0 Å². The Hall–Kier alpha value is -0.480. The van der Waals surface area contributed by atoms with Gasteiger partial charge in [-0.2, -0.15) is 0 Å². The van der Waals surface area contributed by atoms with Gasteiger partial charge in [-0.25, -0.2) is 0 Å². The predicted octanol–water partition coefficient (Wildman–Crippen LogP) is 3.33. The van der Waals surface area contributed by atoms with Crippen molar-refractivity contribution in [1.82, 2.24) is 4.90 Å². The molecule has 0 radical (unpaired) electrons. The minimum atomic E-state index is 0. The van der Waals surface area contributed by atoms with Crippen LogP contribution in [0.5, 0.6) is 5.75 Å². The number of nitrogens with zero attached hydrogens (tertiary/aromatic N) is 1. The van der Waals surface area contributed by atoms with Crippen LogP contribution in [-0.2, 0) is 6.54 Å². The SMILES string of the molecule is CC(C)Oc1ccc(Cl)cc1CN1CC[C@@H](CN)C1.Cl. The third-order valence-electron chi connectivity index (χ3n) is 3.48. The molecule has 1 saturated heterocycles. The molecule has 1 aromatic rings. The normalized spacial score (nSPS) is 19.1. The van der Waals surface area contributed by atoms with E-state index in [0.717, 1.165) is 37.0 Å². The third-order valence-corrected chi connectivity index (χ3v) is 3.72. The van der Waals surface area contributed by atoms with Crippen LogP contribution >= 0.6 is 24.0 Å². The number of rotatable bonds is 5. The van der Waals surface area contributed by atoms with E-state index in [-0.39, 0.29) is 18.5 Å². The van der Waals surface area contributed by atoms with Gasteiger partial charge in [0.1, 0.15) is 5.75 Å². The fourth-order valence-electron chi connectivity index (χ4n) is 2.53. The van der Waals surface area contributed by atoms with Crippen LogP contribution < -0.4 is 10.5 Å². The van der Waals surface area contributed by atoms with Gasteiger partial charge >= 0.3 is 0 Å². The Kier molecular flexibility index (Phi) is 7.10. The van der Waals surface area contributed by atoms with E-state index in [2.05, 4.69) is 4.90 Å². The minimum Gasteiger partial charge on any atom is -0.491 e. The van der Waals surface area contributed by atoms with E-state index >= 15 is 0 Å². The Bertz CT molecular complexity index is 426. The Labute approximate surface area is 132 Å². The topological polar surface area (TPSA) is 38.5 Å². The zero-order chi connectivity index (χ0) is 13.8. The van der Waals surface area contributed by atoms with Crippen molar-refractivity contribution in [3.63, 3.8) is 0 Å². The fourth-order valence-corrected chi connectivity index (χ4v) is 2.72. The highest BCUT2D eigenvalue weighted by atomic mass is 35.5. The fraction of sp³-hybridized carbons (Fsp3) is 0.600. The van der Waals surface area contributed by atoms with Crippen LogP contribution in [0.15, 0.2) is 18.2 Å². The lowest BCUT2D eigenvalue weighted by Crippen LogP contribution is -2.23. The second-order valence-electron chi connectivity index (χ2n) is 5.54. The van der Waals surface area contributed by atoms with Gasteiger partial charge in [-0.3, -0.25) is 4.90 Å². The molecule has 0 saturated carbocycles. The lowest BCUT2D eigenvalue weighted by Gasteiger charge is -2.20. The maximum Gasteiger partial charge on any atom is 0.124 e. The van der Waals surface area contributed by atoms with Gasteiger partial charge in [0.25, 0.3) is 0 Å². The van der Waals surface area contributed by atoms with Gasteiger partial charge in [0.05, 0.1) is 6.10 Å². The summed E-state index contributed by atoms with van der Waals surface area (Å²) in [5.74, 6) is 1.57. The zero-order valence-electron chi connectivity index (χ0n) is 12.1. The van der Waals surface area contributed by atoms with Crippen LogP contribution in [0.1, 0.15) is 25.8 Å². The maximum atomic E-state index is 6.10. The second-order valence-corrected chi connectivity index (χ2v) is 5.98. The Morgan fingerprint density at radius 3 is 2.80 bits per heavy atom. The average molecular weight is 319 g/mol. The van der Waals surface area contributed by atoms with E-state index in [9.17, 15) is 0 Å². The molecular weight excluding hydrogens is 295 g/mol. The van der Waals surface area contributed by atoms with Crippen molar-refractivity contribution in [3.05, 3.63) is 28.8 Å². The van der Waals surface area contributed by atoms with Crippen LogP contribution in [0.3, 0.4) is 0 Å². The molecule has 1 atom stereocenters. The van der Waals surface area contributed by atoms with Gasteiger partial charge in [0, 0.05) is 23.7 Å². The summed E-state index contributed by atoms with van der Waals surface area (Å²) in [6.45, 7) is 7.93. The summed E-state index contributed by atoms with van der Waals surface area (Å²) in [5, 5.41) is 0.765. The van der Waals surface area contributed by atoms with Crippen LogP contribution in [0.4, 0.5) is 0 Å². The molecule has 2 rings (SSSR count). The quantitative estimate of drug-likeness (QED) is 0.905. The van der Waals surface area contributed by atoms with Crippen molar-refractivity contribution in [2.75, 3.05) is 19.6 Å². The molecule has 1 aliphatic heterocycles. The molecule has 0 bridgehead atoms.